The van der Waals surface area contributed by atoms with Crippen molar-refractivity contribution in [1.82, 2.24) is 4.90 Å². The van der Waals surface area contributed by atoms with Crippen LogP contribution in [-0.2, 0) is 4.74 Å². The molecule has 0 aliphatic rings. The van der Waals surface area contributed by atoms with E-state index in [0.29, 0.717) is 0 Å². The van der Waals surface area contributed by atoms with Gasteiger partial charge in [-0.25, -0.2) is 0 Å². The van der Waals surface area contributed by atoms with E-state index in [1.165, 1.54) is 19.4 Å². The summed E-state index contributed by atoms with van der Waals surface area (Å²) in [5.41, 5.74) is 0. The number of likely N-dealkylation sites (N-methyl/N-ethyl adjacent to an activating group) is 1. The van der Waals surface area contributed by atoms with Crippen molar-refractivity contribution in [3.05, 3.63) is 0 Å². The van der Waals surface area contributed by atoms with Gasteiger partial charge in [0.2, 0.25) is 0 Å². The Balaban J connectivity index is 3.50. The second-order valence-corrected chi connectivity index (χ2v) is 4.28. The Morgan fingerprint density at radius 2 is 2.00 bits per heavy atom. The SMILES string of the molecule is CCN(CCOC)CCC(C)CCS. The highest BCUT2D eigenvalue weighted by molar-refractivity contribution is 7.80. The first-order valence-electron chi connectivity index (χ1n) is 5.56. The van der Waals surface area contributed by atoms with Crippen LogP contribution in [0.1, 0.15) is 26.7 Å². The predicted molar refractivity (Wildman–Crippen MR) is 66.2 cm³/mol. The van der Waals surface area contributed by atoms with Crippen molar-refractivity contribution in [1.29, 1.82) is 0 Å². The molecule has 0 spiro atoms. The summed E-state index contributed by atoms with van der Waals surface area (Å²) in [6.07, 6.45) is 2.50. The van der Waals surface area contributed by atoms with Crippen molar-refractivity contribution in [3.63, 3.8) is 0 Å². The first-order chi connectivity index (χ1) is 6.74. The Bertz CT molecular complexity index is 122. The standard InChI is InChI=1S/C11H25NOS/c1-4-12(8-9-13-3)7-5-11(2)6-10-14/h11,14H,4-10H2,1-3H3. The van der Waals surface area contributed by atoms with Crippen LogP contribution >= 0.6 is 12.6 Å². The lowest BCUT2D eigenvalue weighted by atomic mass is 10.1. The molecule has 2 nitrogen and oxygen atoms in total. The Labute approximate surface area is 94.4 Å². The molecular weight excluding hydrogens is 194 g/mol. The molecule has 0 fully saturated rings. The molecule has 0 saturated carbocycles. The van der Waals surface area contributed by atoms with Gasteiger partial charge in [-0.3, -0.25) is 0 Å². The zero-order valence-electron chi connectivity index (χ0n) is 9.83. The fourth-order valence-corrected chi connectivity index (χ4v) is 1.86. The van der Waals surface area contributed by atoms with E-state index in [4.69, 9.17) is 4.74 Å². The third kappa shape index (κ3) is 7.65. The number of methoxy groups -OCH3 is 1. The van der Waals surface area contributed by atoms with E-state index in [1.807, 2.05) is 0 Å². The largest absolute Gasteiger partial charge is 0.383 e. The summed E-state index contributed by atoms with van der Waals surface area (Å²) in [5, 5.41) is 0. The minimum absolute atomic E-state index is 0.795. The molecule has 1 unspecified atom stereocenters. The van der Waals surface area contributed by atoms with Crippen molar-refractivity contribution >= 4 is 12.6 Å². The summed E-state index contributed by atoms with van der Waals surface area (Å²) >= 11 is 4.25. The highest BCUT2D eigenvalue weighted by Crippen LogP contribution is 2.09. The molecular formula is C11H25NOS. The molecule has 0 rings (SSSR count). The molecule has 0 heterocycles. The number of hydrogen-bond acceptors (Lipinski definition) is 3. The van der Waals surface area contributed by atoms with Gasteiger partial charge >= 0.3 is 0 Å². The normalized spacial score (nSPS) is 13.5. The van der Waals surface area contributed by atoms with Gasteiger partial charge in [0.05, 0.1) is 6.61 Å². The van der Waals surface area contributed by atoms with Gasteiger partial charge in [-0.15, -0.1) is 0 Å². The smallest absolute Gasteiger partial charge is 0.0589 e. The van der Waals surface area contributed by atoms with Crippen LogP contribution in [0, 0.1) is 5.92 Å². The van der Waals surface area contributed by atoms with E-state index in [-0.39, 0.29) is 0 Å². The quantitative estimate of drug-likeness (QED) is 0.597. The van der Waals surface area contributed by atoms with Crippen molar-refractivity contribution in [2.24, 2.45) is 5.92 Å². The number of rotatable bonds is 9. The molecule has 0 aromatic rings. The van der Waals surface area contributed by atoms with Gasteiger partial charge < -0.3 is 9.64 Å². The van der Waals surface area contributed by atoms with E-state index in [2.05, 4.69) is 31.4 Å². The average Bonchev–Trinajstić information content (AvgIpc) is 2.19. The Morgan fingerprint density at radius 3 is 2.50 bits per heavy atom. The molecule has 1 atom stereocenters. The molecule has 14 heavy (non-hydrogen) atoms. The molecule has 3 heteroatoms. The van der Waals surface area contributed by atoms with Gasteiger partial charge in [0.25, 0.3) is 0 Å². The van der Waals surface area contributed by atoms with E-state index in [9.17, 15) is 0 Å². The zero-order valence-corrected chi connectivity index (χ0v) is 10.7. The molecule has 0 N–H and O–H groups in total. The summed E-state index contributed by atoms with van der Waals surface area (Å²) in [7, 11) is 1.76. The van der Waals surface area contributed by atoms with Crippen LogP contribution in [0.3, 0.4) is 0 Å². The molecule has 0 aromatic heterocycles. The van der Waals surface area contributed by atoms with Crippen LogP contribution in [0.4, 0.5) is 0 Å². The maximum Gasteiger partial charge on any atom is 0.0589 e. The molecule has 0 aliphatic carbocycles. The molecule has 0 aromatic carbocycles. The van der Waals surface area contributed by atoms with Crippen LogP contribution in [0.5, 0.6) is 0 Å². The molecule has 0 saturated heterocycles. The average molecular weight is 219 g/mol. The third-order valence-electron chi connectivity index (χ3n) is 2.62. The highest BCUT2D eigenvalue weighted by atomic mass is 32.1. The van der Waals surface area contributed by atoms with E-state index in [0.717, 1.165) is 31.4 Å². The van der Waals surface area contributed by atoms with Crippen molar-refractivity contribution in [2.75, 3.05) is 39.1 Å². The Kier molecular flexibility index (Phi) is 10.0. The summed E-state index contributed by atoms with van der Waals surface area (Å²) in [6, 6.07) is 0. The molecule has 0 amide bonds. The Hall–Kier alpha value is 0.270. The van der Waals surface area contributed by atoms with Crippen molar-refractivity contribution in [3.8, 4) is 0 Å². The van der Waals surface area contributed by atoms with Crippen molar-refractivity contribution < 1.29 is 4.74 Å². The predicted octanol–water partition coefficient (Wildman–Crippen LogP) is 2.30. The lowest BCUT2D eigenvalue weighted by Gasteiger charge is -2.21. The molecule has 0 radical (unpaired) electrons. The van der Waals surface area contributed by atoms with Crippen LogP contribution in [-0.4, -0.2) is 44.0 Å². The van der Waals surface area contributed by atoms with Crippen molar-refractivity contribution in [2.45, 2.75) is 26.7 Å². The third-order valence-corrected chi connectivity index (χ3v) is 2.88. The fourth-order valence-electron chi connectivity index (χ4n) is 1.42. The number of hydrogen-bond donors (Lipinski definition) is 1. The van der Waals surface area contributed by atoms with Gasteiger partial charge in [0.15, 0.2) is 0 Å². The second-order valence-electron chi connectivity index (χ2n) is 3.83. The van der Waals surface area contributed by atoms with Gasteiger partial charge in [-0.05, 0) is 37.6 Å². The summed E-state index contributed by atoms with van der Waals surface area (Å²) in [5.74, 6) is 1.80. The van der Waals surface area contributed by atoms with Crippen LogP contribution < -0.4 is 0 Å². The minimum atomic E-state index is 0.795. The van der Waals surface area contributed by atoms with Gasteiger partial charge in [0.1, 0.15) is 0 Å². The summed E-state index contributed by atoms with van der Waals surface area (Å²) < 4.78 is 5.07. The van der Waals surface area contributed by atoms with E-state index < -0.39 is 0 Å². The second kappa shape index (κ2) is 9.81. The number of thiol groups is 1. The monoisotopic (exact) mass is 219 g/mol. The summed E-state index contributed by atoms with van der Waals surface area (Å²) in [6.45, 7) is 8.72. The summed E-state index contributed by atoms with van der Waals surface area (Å²) in [4.78, 5) is 2.44. The Morgan fingerprint density at radius 1 is 1.29 bits per heavy atom. The first-order valence-corrected chi connectivity index (χ1v) is 6.20. The van der Waals surface area contributed by atoms with Gasteiger partial charge in [0, 0.05) is 13.7 Å². The lowest BCUT2D eigenvalue weighted by Crippen LogP contribution is -2.29. The maximum atomic E-state index is 5.07. The van der Waals surface area contributed by atoms with Crippen LogP contribution in [0.2, 0.25) is 0 Å². The number of nitrogens with zero attached hydrogens (tertiary/aromatic N) is 1. The maximum absolute atomic E-state index is 5.07. The van der Waals surface area contributed by atoms with Gasteiger partial charge in [-0.2, -0.15) is 12.6 Å². The molecule has 0 bridgehead atoms. The van der Waals surface area contributed by atoms with E-state index in [1.54, 1.807) is 7.11 Å². The molecule has 86 valence electrons. The zero-order chi connectivity index (χ0) is 10.8. The minimum Gasteiger partial charge on any atom is -0.383 e. The topological polar surface area (TPSA) is 12.5 Å². The first kappa shape index (κ1) is 14.3. The highest BCUT2D eigenvalue weighted by Gasteiger charge is 2.05. The van der Waals surface area contributed by atoms with E-state index >= 15 is 0 Å². The lowest BCUT2D eigenvalue weighted by molar-refractivity contribution is 0.147. The van der Waals surface area contributed by atoms with Crippen LogP contribution in [0.25, 0.3) is 0 Å². The number of ether oxygens (including phenoxy) is 1. The fraction of sp³-hybridized carbons (Fsp3) is 1.00. The molecule has 0 aliphatic heterocycles. The van der Waals surface area contributed by atoms with Crippen LogP contribution in [0.15, 0.2) is 0 Å². The van der Waals surface area contributed by atoms with Gasteiger partial charge in [-0.1, -0.05) is 13.8 Å².